The van der Waals surface area contributed by atoms with Gasteiger partial charge in [-0.05, 0) is 13.0 Å². The molecule has 0 bridgehead atoms. The lowest BCUT2D eigenvalue weighted by Gasteiger charge is -2.08. The fraction of sp³-hybridized carbons (Fsp3) is 0.364. The van der Waals surface area contributed by atoms with E-state index in [0.717, 1.165) is 11.3 Å². The summed E-state index contributed by atoms with van der Waals surface area (Å²) < 4.78 is 1.69. The SMILES string of the molecule is CCC(=O)C(C)c1ccn2nccc2n1. The zero-order valence-electron chi connectivity index (χ0n) is 8.84. The Balaban J connectivity index is 2.39. The third-order valence-corrected chi connectivity index (χ3v) is 2.55. The lowest BCUT2D eigenvalue weighted by Crippen LogP contribution is -2.09. The van der Waals surface area contributed by atoms with Gasteiger partial charge in [-0.2, -0.15) is 5.10 Å². The monoisotopic (exact) mass is 203 g/mol. The predicted molar refractivity (Wildman–Crippen MR) is 56.7 cm³/mol. The van der Waals surface area contributed by atoms with Gasteiger partial charge in [0.2, 0.25) is 0 Å². The van der Waals surface area contributed by atoms with Gasteiger partial charge in [-0.25, -0.2) is 9.50 Å². The van der Waals surface area contributed by atoms with Gasteiger partial charge in [0.25, 0.3) is 0 Å². The highest BCUT2D eigenvalue weighted by Crippen LogP contribution is 2.15. The maximum Gasteiger partial charge on any atom is 0.155 e. The molecule has 0 saturated carbocycles. The van der Waals surface area contributed by atoms with Gasteiger partial charge in [0.1, 0.15) is 5.78 Å². The molecule has 2 heterocycles. The zero-order chi connectivity index (χ0) is 10.8. The van der Waals surface area contributed by atoms with E-state index in [1.807, 2.05) is 32.2 Å². The largest absolute Gasteiger partial charge is 0.299 e. The third-order valence-electron chi connectivity index (χ3n) is 2.55. The van der Waals surface area contributed by atoms with Gasteiger partial charge in [-0.3, -0.25) is 4.79 Å². The van der Waals surface area contributed by atoms with Crippen molar-refractivity contribution in [3.05, 3.63) is 30.2 Å². The van der Waals surface area contributed by atoms with Gasteiger partial charge in [0.15, 0.2) is 5.65 Å². The third kappa shape index (κ3) is 1.75. The summed E-state index contributed by atoms with van der Waals surface area (Å²) in [5.74, 6) is 0.0845. The number of nitrogens with zero attached hydrogens (tertiary/aromatic N) is 3. The molecule has 4 nitrogen and oxygen atoms in total. The number of hydrogen-bond donors (Lipinski definition) is 0. The Morgan fingerprint density at radius 3 is 3.07 bits per heavy atom. The molecule has 78 valence electrons. The van der Waals surface area contributed by atoms with E-state index in [9.17, 15) is 4.79 Å². The minimum Gasteiger partial charge on any atom is -0.299 e. The van der Waals surface area contributed by atoms with E-state index in [0.29, 0.717) is 6.42 Å². The summed E-state index contributed by atoms with van der Waals surface area (Å²) in [6.07, 6.45) is 4.07. The molecular formula is C11H13N3O. The van der Waals surface area contributed by atoms with Crippen LogP contribution in [0.25, 0.3) is 5.65 Å². The molecule has 0 aliphatic heterocycles. The van der Waals surface area contributed by atoms with Crippen molar-refractivity contribution in [3.63, 3.8) is 0 Å². The van der Waals surface area contributed by atoms with Gasteiger partial charge in [-0.1, -0.05) is 6.92 Å². The van der Waals surface area contributed by atoms with Crippen LogP contribution >= 0.6 is 0 Å². The van der Waals surface area contributed by atoms with Crippen LogP contribution in [0.5, 0.6) is 0 Å². The van der Waals surface area contributed by atoms with E-state index in [-0.39, 0.29) is 11.7 Å². The van der Waals surface area contributed by atoms with Crippen molar-refractivity contribution in [2.75, 3.05) is 0 Å². The van der Waals surface area contributed by atoms with E-state index in [1.54, 1.807) is 10.7 Å². The second kappa shape index (κ2) is 3.81. The second-order valence-electron chi connectivity index (χ2n) is 3.53. The van der Waals surface area contributed by atoms with Gasteiger partial charge in [0, 0.05) is 18.7 Å². The lowest BCUT2D eigenvalue weighted by molar-refractivity contribution is -0.119. The van der Waals surface area contributed by atoms with E-state index >= 15 is 0 Å². The highest BCUT2D eigenvalue weighted by Gasteiger charge is 2.14. The average Bonchev–Trinajstić information content (AvgIpc) is 2.73. The molecule has 2 aromatic rings. The van der Waals surface area contributed by atoms with E-state index in [2.05, 4.69) is 10.1 Å². The Morgan fingerprint density at radius 2 is 2.33 bits per heavy atom. The van der Waals surface area contributed by atoms with Crippen LogP contribution in [-0.4, -0.2) is 20.4 Å². The maximum atomic E-state index is 11.5. The van der Waals surface area contributed by atoms with Gasteiger partial charge < -0.3 is 0 Å². The minimum absolute atomic E-state index is 0.130. The molecule has 2 aromatic heterocycles. The summed E-state index contributed by atoms with van der Waals surface area (Å²) in [4.78, 5) is 15.9. The first kappa shape index (κ1) is 9.83. The van der Waals surface area contributed by atoms with Crippen LogP contribution in [0.4, 0.5) is 0 Å². The number of carbonyl (C=O) groups excluding carboxylic acids is 1. The fourth-order valence-corrected chi connectivity index (χ4v) is 1.54. The number of aromatic nitrogens is 3. The molecular weight excluding hydrogens is 190 g/mol. The first-order chi connectivity index (χ1) is 7.22. The zero-order valence-corrected chi connectivity index (χ0v) is 8.84. The number of carbonyl (C=O) groups is 1. The Morgan fingerprint density at radius 1 is 1.53 bits per heavy atom. The van der Waals surface area contributed by atoms with Crippen molar-refractivity contribution in [2.24, 2.45) is 0 Å². The number of rotatable bonds is 3. The van der Waals surface area contributed by atoms with Crippen molar-refractivity contribution in [1.82, 2.24) is 14.6 Å². The summed E-state index contributed by atoms with van der Waals surface area (Å²) in [5, 5.41) is 4.05. The molecule has 15 heavy (non-hydrogen) atoms. The molecule has 0 saturated heterocycles. The molecule has 0 fully saturated rings. The molecule has 0 spiro atoms. The van der Waals surface area contributed by atoms with Crippen LogP contribution in [0.2, 0.25) is 0 Å². The van der Waals surface area contributed by atoms with Crippen molar-refractivity contribution in [2.45, 2.75) is 26.2 Å². The molecule has 1 unspecified atom stereocenters. The lowest BCUT2D eigenvalue weighted by atomic mass is 10.0. The fourth-order valence-electron chi connectivity index (χ4n) is 1.54. The number of fused-ring (bicyclic) bond motifs is 1. The molecule has 0 radical (unpaired) electrons. The van der Waals surface area contributed by atoms with Crippen molar-refractivity contribution in [1.29, 1.82) is 0 Å². The molecule has 0 N–H and O–H groups in total. The first-order valence-corrected chi connectivity index (χ1v) is 5.05. The molecule has 0 amide bonds. The average molecular weight is 203 g/mol. The summed E-state index contributed by atoms with van der Waals surface area (Å²) >= 11 is 0. The standard InChI is InChI=1S/C11H13N3O/c1-3-10(15)8(2)9-5-7-14-11(13-9)4-6-12-14/h4-8H,3H2,1-2H3. The Kier molecular flexibility index (Phi) is 2.49. The summed E-state index contributed by atoms with van der Waals surface area (Å²) in [5.41, 5.74) is 1.60. The van der Waals surface area contributed by atoms with E-state index in [4.69, 9.17) is 0 Å². The molecule has 4 heteroatoms. The van der Waals surface area contributed by atoms with Crippen molar-refractivity contribution in [3.8, 4) is 0 Å². The smallest absolute Gasteiger partial charge is 0.155 e. The predicted octanol–water partition coefficient (Wildman–Crippen LogP) is 1.81. The maximum absolute atomic E-state index is 11.5. The van der Waals surface area contributed by atoms with Crippen LogP contribution in [0.15, 0.2) is 24.5 Å². The van der Waals surface area contributed by atoms with Crippen molar-refractivity contribution < 1.29 is 4.79 Å². The highest BCUT2D eigenvalue weighted by atomic mass is 16.1. The van der Waals surface area contributed by atoms with E-state index < -0.39 is 0 Å². The van der Waals surface area contributed by atoms with Crippen LogP contribution < -0.4 is 0 Å². The number of Topliss-reactive ketones (excluding diaryl/α,β-unsaturated/α-hetero) is 1. The summed E-state index contributed by atoms with van der Waals surface area (Å²) in [6.45, 7) is 3.76. The molecule has 0 aromatic carbocycles. The van der Waals surface area contributed by atoms with Gasteiger partial charge in [0.05, 0.1) is 17.8 Å². The molecule has 0 aliphatic carbocycles. The Bertz CT molecular complexity index is 489. The van der Waals surface area contributed by atoms with Gasteiger partial charge in [-0.15, -0.1) is 0 Å². The number of hydrogen-bond acceptors (Lipinski definition) is 3. The van der Waals surface area contributed by atoms with E-state index in [1.165, 1.54) is 0 Å². The molecule has 2 rings (SSSR count). The topological polar surface area (TPSA) is 47.3 Å². The van der Waals surface area contributed by atoms with Gasteiger partial charge >= 0.3 is 0 Å². The molecule has 1 atom stereocenters. The summed E-state index contributed by atoms with van der Waals surface area (Å²) in [7, 11) is 0. The Labute approximate surface area is 87.9 Å². The second-order valence-corrected chi connectivity index (χ2v) is 3.53. The van der Waals surface area contributed by atoms with Crippen LogP contribution in [0.3, 0.4) is 0 Å². The van der Waals surface area contributed by atoms with Crippen molar-refractivity contribution >= 4 is 11.4 Å². The highest BCUT2D eigenvalue weighted by molar-refractivity contribution is 5.84. The minimum atomic E-state index is -0.130. The first-order valence-electron chi connectivity index (χ1n) is 5.05. The quantitative estimate of drug-likeness (QED) is 0.764. The van der Waals surface area contributed by atoms with Crippen LogP contribution in [0, 0.1) is 0 Å². The number of ketones is 1. The Hall–Kier alpha value is -1.71. The normalized spacial score (nSPS) is 12.9. The van der Waals surface area contributed by atoms with Crippen LogP contribution in [-0.2, 0) is 4.79 Å². The van der Waals surface area contributed by atoms with Crippen LogP contribution in [0.1, 0.15) is 31.9 Å². The summed E-state index contributed by atoms with van der Waals surface area (Å²) in [6, 6.07) is 3.67. The molecule has 0 aliphatic rings.